The van der Waals surface area contributed by atoms with Gasteiger partial charge in [-0.05, 0) is 0 Å². The third-order valence-corrected chi connectivity index (χ3v) is 11.7. The van der Waals surface area contributed by atoms with Crippen molar-refractivity contribution in [2.24, 2.45) is 5.92 Å². The predicted octanol–water partition coefficient (Wildman–Crippen LogP) is 5.52. The van der Waals surface area contributed by atoms with Crippen molar-refractivity contribution < 1.29 is 25.9 Å². The van der Waals surface area contributed by atoms with E-state index >= 15 is 0 Å². The summed E-state index contributed by atoms with van der Waals surface area (Å²) in [6.45, 7) is 18.1. The molecule has 158 valence electrons. The van der Waals surface area contributed by atoms with Crippen LogP contribution in [0.4, 0.5) is 0 Å². The van der Waals surface area contributed by atoms with Gasteiger partial charge < -0.3 is 0 Å². The molecule has 1 aromatic carbocycles. The Morgan fingerprint density at radius 3 is 1.96 bits per heavy atom. The number of hydrogen-bond donors (Lipinski definition) is 0. The maximum atomic E-state index is 6.76. The topological polar surface area (TPSA) is 18.5 Å². The molecule has 1 aliphatic rings. The first kappa shape index (κ1) is 27.7. The van der Waals surface area contributed by atoms with E-state index in [-0.39, 0.29) is 30.2 Å². The molecule has 0 bridgehead atoms. The zero-order chi connectivity index (χ0) is 19.8. The fraction of sp³-hybridized carbons (Fsp3) is 0.500. The summed E-state index contributed by atoms with van der Waals surface area (Å²) in [5, 5.41) is 1.59. The molecule has 1 aliphatic carbocycles. The molecule has 28 heavy (non-hydrogen) atoms. The molecule has 0 aliphatic heterocycles. The van der Waals surface area contributed by atoms with Crippen molar-refractivity contribution in [2.75, 3.05) is 7.11 Å². The monoisotopic (exact) mass is 478 g/mol. The van der Waals surface area contributed by atoms with Gasteiger partial charge in [0.1, 0.15) is 0 Å². The molecule has 0 saturated carbocycles. The van der Waals surface area contributed by atoms with E-state index in [1.807, 2.05) is 6.07 Å². The molecular formula is C22H36Cl2O2SiTi. The fourth-order valence-electron chi connectivity index (χ4n) is 3.46. The van der Waals surface area contributed by atoms with Crippen LogP contribution in [0.2, 0.25) is 0 Å². The number of allylic oxidation sites excluding steroid dienone is 4. The quantitative estimate of drug-likeness (QED) is 0.530. The molecule has 0 radical (unpaired) electrons. The molecule has 0 aromatic heterocycles. The van der Waals surface area contributed by atoms with Crippen LogP contribution in [0.25, 0.3) is 0 Å². The van der Waals surface area contributed by atoms with Crippen molar-refractivity contribution in [1.82, 2.24) is 0 Å². The van der Waals surface area contributed by atoms with E-state index in [1.54, 1.807) is 16.2 Å². The van der Waals surface area contributed by atoms with E-state index in [2.05, 4.69) is 67.5 Å². The van der Waals surface area contributed by atoms with Crippen LogP contribution in [-0.4, -0.2) is 21.2 Å². The second-order valence-electron chi connectivity index (χ2n) is 8.65. The third-order valence-electron chi connectivity index (χ3n) is 5.54. The fourth-order valence-corrected chi connectivity index (χ4v) is 8.88. The molecule has 2 nitrogen and oxygen atoms in total. The van der Waals surface area contributed by atoms with Crippen LogP contribution in [-0.2, 0) is 23.2 Å². The van der Waals surface area contributed by atoms with E-state index in [9.17, 15) is 0 Å². The predicted molar refractivity (Wildman–Crippen MR) is 128 cm³/mol. The molecular weight excluding hydrogens is 443 g/mol. The van der Waals surface area contributed by atoms with E-state index in [4.69, 9.17) is 8.06 Å². The van der Waals surface area contributed by atoms with E-state index < -0.39 is 17.8 Å². The average molecular weight is 479 g/mol. The van der Waals surface area contributed by atoms with Crippen LogP contribution in [0.1, 0.15) is 61.0 Å². The van der Waals surface area contributed by atoms with Gasteiger partial charge >= 0.3 is 169 Å². The minimum absolute atomic E-state index is 0. The van der Waals surface area contributed by atoms with Gasteiger partial charge in [0.25, 0.3) is 0 Å². The molecule has 1 aromatic rings. The second-order valence-corrected chi connectivity index (χ2v) is 13.4. The van der Waals surface area contributed by atoms with E-state index in [0.717, 1.165) is 21.7 Å². The summed E-state index contributed by atoms with van der Waals surface area (Å²) < 4.78 is 15.4. The van der Waals surface area contributed by atoms with Gasteiger partial charge in [-0.2, -0.15) is 0 Å². The Morgan fingerprint density at radius 1 is 1.04 bits per heavy atom. The normalized spacial score (nSPS) is 16.5. The van der Waals surface area contributed by atoms with Crippen LogP contribution >= 0.6 is 24.8 Å². The zero-order valence-corrected chi connectivity index (χ0v) is 24.1. The Labute approximate surface area is 193 Å². The van der Waals surface area contributed by atoms with Crippen molar-refractivity contribution in [1.29, 1.82) is 0 Å². The van der Waals surface area contributed by atoms with Crippen molar-refractivity contribution in [3.8, 4) is 11.5 Å². The van der Waals surface area contributed by atoms with Crippen LogP contribution in [0.3, 0.4) is 0 Å². The maximum Gasteiger partial charge on any atom is -0.147 e. The molecule has 0 N–H and O–H groups in total. The SMILES string of the molecule is COc1cc([O][Ti]([C]2=C([SiH3])C(C)=C(C)C2C)=[C](C)C)cc(C(C)(C)C)c1.Cl.Cl. The molecule has 0 heterocycles. The van der Waals surface area contributed by atoms with Gasteiger partial charge in [0.2, 0.25) is 0 Å². The van der Waals surface area contributed by atoms with Crippen molar-refractivity contribution in [3.63, 3.8) is 0 Å². The van der Waals surface area contributed by atoms with Crippen LogP contribution in [0.15, 0.2) is 38.4 Å². The summed E-state index contributed by atoms with van der Waals surface area (Å²) in [6, 6.07) is 6.38. The second kappa shape index (κ2) is 10.6. The smallest absolute Gasteiger partial charge is 0.147 e. The first-order valence-corrected chi connectivity index (χ1v) is 12.6. The summed E-state index contributed by atoms with van der Waals surface area (Å²) in [4.78, 5) is 0. The Hall–Kier alpha value is -0.319. The van der Waals surface area contributed by atoms with Crippen molar-refractivity contribution in [3.05, 3.63) is 44.0 Å². The summed E-state index contributed by atoms with van der Waals surface area (Å²) in [7, 11) is 2.82. The van der Waals surface area contributed by atoms with Gasteiger partial charge in [0, 0.05) is 0 Å². The van der Waals surface area contributed by atoms with Gasteiger partial charge in [-0.25, -0.2) is 0 Å². The average Bonchev–Trinajstić information content (AvgIpc) is 2.75. The van der Waals surface area contributed by atoms with E-state index in [1.165, 1.54) is 20.5 Å². The third kappa shape index (κ3) is 5.86. The molecule has 1 unspecified atom stereocenters. The summed E-state index contributed by atoms with van der Waals surface area (Å²) in [5.74, 6) is 2.37. The van der Waals surface area contributed by atoms with Crippen LogP contribution in [0.5, 0.6) is 11.5 Å². The number of rotatable bonds is 4. The number of halogens is 2. The molecule has 0 amide bonds. The molecule has 0 saturated heterocycles. The van der Waals surface area contributed by atoms with Crippen molar-refractivity contribution >= 4 is 38.9 Å². The Kier molecular flexibility index (Phi) is 10.5. The first-order valence-electron chi connectivity index (χ1n) is 9.41. The number of ether oxygens (including phenoxy) is 1. The molecule has 1 atom stereocenters. The minimum atomic E-state index is -1.99. The summed E-state index contributed by atoms with van der Waals surface area (Å²) >= 11 is -1.99. The molecule has 6 heteroatoms. The van der Waals surface area contributed by atoms with Gasteiger partial charge in [-0.15, -0.1) is 24.8 Å². The first-order chi connectivity index (χ1) is 12.0. The largest absolute Gasteiger partial charge is 0.147 e. The molecule has 0 fully saturated rings. The molecule has 0 spiro atoms. The Balaban J connectivity index is 0.00000364. The van der Waals surface area contributed by atoms with Gasteiger partial charge in [0.05, 0.1) is 0 Å². The molecule has 2 rings (SSSR count). The van der Waals surface area contributed by atoms with Gasteiger partial charge in [-0.1, -0.05) is 0 Å². The number of methoxy groups -OCH3 is 1. The summed E-state index contributed by atoms with van der Waals surface area (Å²) in [6.07, 6.45) is 0. The van der Waals surface area contributed by atoms with Crippen LogP contribution in [0, 0.1) is 5.92 Å². The Morgan fingerprint density at radius 2 is 1.57 bits per heavy atom. The Bertz CT molecular complexity index is 816. The maximum absolute atomic E-state index is 6.76. The minimum Gasteiger partial charge on any atom is -0.147 e. The summed E-state index contributed by atoms with van der Waals surface area (Å²) in [5.41, 5.74) is 4.36. The van der Waals surface area contributed by atoms with Crippen molar-refractivity contribution in [2.45, 2.75) is 60.8 Å². The van der Waals surface area contributed by atoms with Gasteiger partial charge in [0.15, 0.2) is 0 Å². The van der Waals surface area contributed by atoms with Crippen LogP contribution < -0.4 is 8.06 Å². The van der Waals surface area contributed by atoms with Gasteiger partial charge in [-0.3, -0.25) is 0 Å². The standard InChI is InChI=1S/C11H16O2.C8H13Si.C3H6.2ClH.Ti/c1-11(2,3)8-5-9(12)7-10(6-8)13-4;1-5-4-8(9)7(3)6(5)2;1-3-2;;;/h5-7,12H,1-4H3;5H,1-3,9H3;1-2H3;2*1H;/q;;;;;+1/p-1. The number of hydrogen-bond acceptors (Lipinski definition) is 2. The number of benzene rings is 1. The zero-order valence-electron chi connectivity index (χ0n) is 18.9. The van der Waals surface area contributed by atoms with E-state index in [0.29, 0.717) is 5.92 Å².